The lowest BCUT2D eigenvalue weighted by Crippen LogP contribution is -2.31. The second-order valence-corrected chi connectivity index (χ2v) is 6.80. The molecule has 0 aromatic heterocycles. The molecule has 1 aliphatic rings. The Hall–Kier alpha value is -1.39. The summed E-state index contributed by atoms with van der Waals surface area (Å²) in [6.45, 7) is 15.0. The van der Waals surface area contributed by atoms with Crippen molar-refractivity contribution in [1.29, 1.82) is 0 Å². The lowest BCUT2D eigenvalue weighted by molar-refractivity contribution is -0.141. The van der Waals surface area contributed by atoms with Crippen LogP contribution in [0.3, 0.4) is 0 Å². The van der Waals surface area contributed by atoms with Gasteiger partial charge in [0.1, 0.15) is 0 Å². The Morgan fingerprint density at radius 3 is 2.33 bits per heavy atom. The van der Waals surface area contributed by atoms with Crippen LogP contribution in [0.5, 0.6) is 0 Å². The summed E-state index contributed by atoms with van der Waals surface area (Å²) in [4.78, 5) is 11.6. The first kappa shape index (κ1) is 20.7. The van der Waals surface area contributed by atoms with Crippen molar-refractivity contribution in [1.82, 2.24) is 0 Å². The van der Waals surface area contributed by atoms with Crippen LogP contribution in [0, 0.1) is 0 Å². The van der Waals surface area contributed by atoms with E-state index in [9.17, 15) is 4.79 Å². The predicted molar refractivity (Wildman–Crippen MR) is 96.7 cm³/mol. The van der Waals surface area contributed by atoms with E-state index in [0.29, 0.717) is 13.2 Å². The number of rotatable bonds is 9. The molecular weight excluding hydrogens is 304 g/mol. The van der Waals surface area contributed by atoms with Crippen molar-refractivity contribution in [2.24, 2.45) is 0 Å². The first-order chi connectivity index (χ1) is 11.2. The van der Waals surface area contributed by atoms with Crippen molar-refractivity contribution >= 4 is 5.97 Å². The van der Waals surface area contributed by atoms with Crippen LogP contribution in [0.4, 0.5) is 0 Å². The molecule has 0 aromatic rings. The lowest BCUT2D eigenvalue weighted by Gasteiger charge is -2.28. The van der Waals surface area contributed by atoms with Gasteiger partial charge in [0, 0.05) is 12.5 Å². The van der Waals surface area contributed by atoms with Crippen LogP contribution in [0.1, 0.15) is 60.3 Å². The summed E-state index contributed by atoms with van der Waals surface area (Å²) in [5.41, 5.74) is 3.26. The molecule has 0 bridgehead atoms. The average Bonchev–Trinajstić information content (AvgIpc) is 2.94. The second-order valence-electron chi connectivity index (χ2n) is 6.80. The SMILES string of the molecule is C=C(C)C1(CC/C(C)=C/CC/C(C)=C/C(=O)OC(C)C)OCCO1. The van der Waals surface area contributed by atoms with Gasteiger partial charge in [-0.1, -0.05) is 23.8 Å². The van der Waals surface area contributed by atoms with E-state index in [1.54, 1.807) is 6.08 Å². The van der Waals surface area contributed by atoms with Crippen molar-refractivity contribution in [3.63, 3.8) is 0 Å². The van der Waals surface area contributed by atoms with Gasteiger partial charge in [0.2, 0.25) is 0 Å². The summed E-state index contributed by atoms with van der Waals surface area (Å²) in [6.07, 6.45) is 7.18. The van der Waals surface area contributed by atoms with Crippen LogP contribution in [0.2, 0.25) is 0 Å². The van der Waals surface area contributed by atoms with Crippen LogP contribution < -0.4 is 0 Å². The van der Waals surface area contributed by atoms with E-state index in [-0.39, 0.29) is 12.1 Å². The third kappa shape index (κ3) is 7.02. The molecule has 136 valence electrons. The van der Waals surface area contributed by atoms with Crippen LogP contribution >= 0.6 is 0 Å². The highest BCUT2D eigenvalue weighted by molar-refractivity contribution is 5.82. The number of carbonyl (C=O) groups excluding carboxylic acids is 1. The molecule has 1 aliphatic heterocycles. The molecule has 1 rings (SSSR count). The Balaban J connectivity index is 2.40. The fraction of sp³-hybridized carbons (Fsp3) is 0.650. The zero-order valence-corrected chi connectivity index (χ0v) is 15.8. The molecule has 1 saturated heterocycles. The zero-order chi connectivity index (χ0) is 18.2. The highest BCUT2D eigenvalue weighted by Gasteiger charge is 2.36. The van der Waals surface area contributed by atoms with Gasteiger partial charge in [0.05, 0.1) is 19.3 Å². The molecule has 0 radical (unpaired) electrons. The van der Waals surface area contributed by atoms with Crippen molar-refractivity contribution in [3.05, 3.63) is 35.5 Å². The summed E-state index contributed by atoms with van der Waals surface area (Å²) in [5.74, 6) is -0.868. The number of hydrogen-bond donors (Lipinski definition) is 0. The molecule has 0 saturated carbocycles. The molecule has 0 spiro atoms. The summed E-state index contributed by atoms with van der Waals surface area (Å²) in [6, 6.07) is 0. The van der Waals surface area contributed by atoms with Crippen molar-refractivity contribution in [2.75, 3.05) is 13.2 Å². The molecule has 0 aromatic carbocycles. The lowest BCUT2D eigenvalue weighted by atomic mass is 9.99. The van der Waals surface area contributed by atoms with Gasteiger partial charge in [-0.2, -0.15) is 0 Å². The molecule has 24 heavy (non-hydrogen) atoms. The standard InChI is InChI=1S/C20H32O4/c1-15(2)20(22-12-13-23-20)11-10-17(5)8-7-9-18(6)14-19(21)24-16(3)4/h8,14,16H,1,7,9-13H2,2-6H3/b17-8+,18-14+. The number of allylic oxidation sites excluding steroid dienone is 3. The summed E-state index contributed by atoms with van der Waals surface area (Å²) in [7, 11) is 0. The maximum atomic E-state index is 11.6. The Bertz CT molecular complexity index is 494. The summed E-state index contributed by atoms with van der Waals surface area (Å²) < 4.78 is 16.6. The fourth-order valence-electron chi connectivity index (χ4n) is 2.61. The van der Waals surface area contributed by atoms with Gasteiger partial charge < -0.3 is 14.2 Å². The maximum Gasteiger partial charge on any atom is 0.330 e. The van der Waals surface area contributed by atoms with E-state index in [1.165, 1.54) is 5.57 Å². The van der Waals surface area contributed by atoms with Gasteiger partial charge in [0.15, 0.2) is 5.79 Å². The van der Waals surface area contributed by atoms with E-state index in [1.807, 2.05) is 27.7 Å². The molecule has 0 aliphatic carbocycles. The maximum absolute atomic E-state index is 11.6. The van der Waals surface area contributed by atoms with Gasteiger partial charge in [-0.05, 0) is 59.5 Å². The van der Waals surface area contributed by atoms with E-state index < -0.39 is 5.79 Å². The molecule has 0 atom stereocenters. The second kappa shape index (κ2) is 9.80. The summed E-state index contributed by atoms with van der Waals surface area (Å²) >= 11 is 0. The minimum absolute atomic E-state index is 0.0793. The molecule has 0 N–H and O–H groups in total. The fourth-order valence-corrected chi connectivity index (χ4v) is 2.61. The Morgan fingerprint density at radius 2 is 1.79 bits per heavy atom. The minimum atomic E-state index is -0.606. The highest BCUT2D eigenvalue weighted by atomic mass is 16.7. The van der Waals surface area contributed by atoms with Crippen LogP contribution in [0.25, 0.3) is 0 Å². The van der Waals surface area contributed by atoms with Gasteiger partial charge in [-0.15, -0.1) is 0 Å². The predicted octanol–water partition coefficient (Wildman–Crippen LogP) is 4.71. The molecule has 4 nitrogen and oxygen atoms in total. The van der Waals surface area contributed by atoms with Crippen molar-refractivity contribution < 1.29 is 19.0 Å². The van der Waals surface area contributed by atoms with Crippen LogP contribution in [0.15, 0.2) is 35.5 Å². The highest BCUT2D eigenvalue weighted by Crippen LogP contribution is 2.32. The van der Waals surface area contributed by atoms with Gasteiger partial charge >= 0.3 is 5.97 Å². The molecule has 1 fully saturated rings. The molecule has 4 heteroatoms. The zero-order valence-electron chi connectivity index (χ0n) is 15.8. The third-order valence-corrected chi connectivity index (χ3v) is 4.00. The van der Waals surface area contributed by atoms with Crippen molar-refractivity contribution in [3.8, 4) is 0 Å². The Morgan fingerprint density at radius 1 is 1.17 bits per heavy atom. The van der Waals surface area contributed by atoms with E-state index in [4.69, 9.17) is 14.2 Å². The first-order valence-corrected chi connectivity index (χ1v) is 8.72. The molecular formula is C20H32O4. The minimum Gasteiger partial charge on any atom is -0.460 e. The largest absolute Gasteiger partial charge is 0.460 e. The number of carbonyl (C=O) groups is 1. The van der Waals surface area contributed by atoms with Crippen molar-refractivity contribution in [2.45, 2.75) is 72.2 Å². The van der Waals surface area contributed by atoms with E-state index in [0.717, 1.165) is 36.8 Å². The van der Waals surface area contributed by atoms with Crippen LogP contribution in [-0.4, -0.2) is 31.1 Å². The quantitative estimate of drug-likeness (QED) is 0.347. The molecule has 0 amide bonds. The molecule has 0 unspecified atom stereocenters. The molecule has 1 heterocycles. The normalized spacial score (nSPS) is 18.1. The van der Waals surface area contributed by atoms with Gasteiger partial charge in [-0.3, -0.25) is 0 Å². The smallest absolute Gasteiger partial charge is 0.330 e. The number of hydrogen-bond acceptors (Lipinski definition) is 4. The van der Waals surface area contributed by atoms with Gasteiger partial charge in [0.25, 0.3) is 0 Å². The Labute approximate surface area is 146 Å². The third-order valence-electron chi connectivity index (χ3n) is 4.00. The topological polar surface area (TPSA) is 44.8 Å². The number of ether oxygens (including phenoxy) is 3. The first-order valence-electron chi connectivity index (χ1n) is 8.72. The summed E-state index contributed by atoms with van der Waals surface area (Å²) in [5, 5.41) is 0. The van der Waals surface area contributed by atoms with E-state index in [2.05, 4.69) is 19.6 Å². The van der Waals surface area contributed by atoms with Gasteiger partial charge in [-0.25, -0.2) is 4.79 Å². The average molecular weight is 336 g/mol. The monoisotopic (exact) mass is 336 g/mol. The van der Waals surface area contributed by atoms with E-state index >= 15 is 0 Å². The Kier molecular flexibility index (Phi) is 8.43. The number of esters is 1. The van der Waals surface area contributed by atoms with Crippen LogP contribution in [-0.2, 0) is 19.0 Å².